The van der Waals surface area contributed by atoms with E-state index >= 15 is 0 Å². The number of hydrogen-bond donors (Lipinski definition) is 2. The maximum atomic E-state index is 5.89. The van der Waals surface area contributed by atoms with Crippen LogP contribution in [0, 0.1) is 0 Å². The number of rotatable bonds is 3. The van der Waals surface area contributed by atoms with Gasteiger partial charge >= 0.3 is 0 Å². The molecule has 0 aliphatic heterocycles. The van der Waals surface area contributed by atoms with Gasteiger partial charge in [0.15, 0.2) is 11.5 Å². The van der Waals surface area contributed by atoms with Crippen molar-refractivity contribution in [2.75, 3.05) is 11.6 Å². The third-order valence-electron chi connectivity index (χ3n) is 2.59. The first-order chi connectivity index (χ1) is 9.26. The molecule has 0 spiro atoms. The summed E-state index contributed by atoms with van der Waals surface area (Å²) in [6, 6.07) is 8.05. The smallest absolute Gasteiger partial charge is 0.226 e. The van der Waals surface area contributed by atoms with E-state index in [1.165, 1.54) is 4.90 Å². The van der Waals surface area contributed by atoms with Crippen molar-refractivity contribution in [2.45, 2.75) is 4.90 Å². The zero-order valence-corrected chi connectivity index (χ0v) is 11.6. The number of halogens is 1. The molecular formula is C12H10ClN5S. The first kappa shape index (κ1) is 12.3. The molecule has 2 N–H and O–H groups in total. The first-order valence-electron chi connectivity index (χ1n) is 5.54. The molecule has 19 heavy (non-hydrogen) atoms. The van der Waals surface area contributed by atoms with Gasteiger partial charge in [-0.2, -0.15) is 9.97 Å². The summed E-state index contributed by atoms with van der Waals surface area (Å²) in [6.07, 6.45) is 3.60. The minimum atomic E-state index is 0.170. The second-order valence-electron chi connectivity index (χ2n) is 3.80. The van der Waals surface area contributed by atoms with E-state index in [-0.39, 0.29) is 5.28 Å². The molecule has 5 nitrogen and oxygen atoms in total. The van der Waals surface area contributed by atoms with Crippen LogP contribution in [0.15, 0.2) is 35.5 Å². The molecule has 2 heterocycles. The fourth-order valence-electron chi connectivity index (χ4n) is 1.73. The number of aromatic amines is 1. The summed E-state index contributed by atoms with van der Waals surface area (Å²) >= 11 is 7.57. The van der Waals surface area contributed by atoms with Crippen LogP contribution in [0.2, 0.25) is 5.28 Å². The van der Waals surface area contributed by atoms with E-state index < -0.39 is 0 Å². The lowest BCUT2D eigenvalue weighted by atomic mass is 10.3. The van der Waals surface area contributed by atoms with Crippen LogP contribution in [-0.2, 0) is 0 Å². The van der Waals surface area contributed by atoms with Crippen LogP contribution in [0.5, 0.6) is 0 Å². The number of imidazole rings is 1. The van der Waals surface area contributed by atoms with E-state index in [9.17, 15) is 0 Å². The summed E-state index contributed by atoms with van der Waals surface area (Å²) in [6.45, 7) is 0. The Morgan fingerprint density at radius 1 is 1.32 bits per heavy atom. The summed E-state index contributed by atoms with van der Waals surface area (Å²) in [5.41, 5.74) is 2.22. The molecule has 0 saturated carbocycles. The summed E-state index contributed by atoms with van der Waals surface area (Å²) in [5, 5.41) is 3.40. The topological polar surface area (TPSA) is 66.5 Å². The molecule has 3 rings (SSSR count). The van der Waals surface area contributed by atoms with Crippen LogP contribution >= 0.6 is 23.4 Å². The van der Waals surface area contributed by atoms with Gasteiger partial charge in [0.25, 0.3) is 0 Å². The van der Waals surface area contributed by atoms with Crippen molar-refractivity contribution in [1.29, 1.82) is 0 Å². The van der Waals surface area contributed by atoms with Crippen molar-refractivity contribution < 1.29 is 0 Å². The van der Waals surface area contributed by atoms with E-state index in [4.69, 9.17) is 11.6 Å². The highest BCUT2D eigenvalue weighted by Gasteiger charge is 2.09. The molecule has 0 saturated heterocycles. The van der Waals surface area contributed by atoms with Gasteiger partial charge in [0.05, 0.1) is 6.33 Å². The Balaban J connectivity index is 2.02. The number of nitrogens with zero attached hydrogens (tertiary/aromatic N) is 3. The van der Waals surface area contributed by atoms with E-state index in [0.29, 0.717) is 11.5 Å². The number of aromatic nitrogens is 4. The molecule has 2 aromatic heterocycles. The largest absolute Gasteiger partial charge is 0.340 e. The van der Waals surface area contributed by atoms with Crippen LogP contribution < -0.4 is 5.32 Å². The maximum absolute atomic E-state index is 5.89. The van der Waals surface area contributed by atoms with Gasteiger partial charge in [-0.15, -0.1) is 11.8 Å². The normalized spacial score (nSPS) is 10.8. The summed E-state index contributed by atoms with van der Waals surface area (Å²) in [5.74, 6) is 0.616. The lowest BCUT2D eigenvalue weighted by molar-refractivity contribution is 1.20. The van der Waals surface area contributed by atoms with Gasteiger partial charge in [0.2, 0.25) is 5.28 Å². The predicted octanol–water partition coefficient (Wildman–Crippen LogP) is 3.47. The van der Waals surface area contributed by atoms with E-state index in [1.54, 1.807) is 18.1 Å². The lowest BCUT2D eigenvalue weighted by Gasteiger charge is -2.07. The third-order valence-corrected chi connectivity index (χ3v) is 3.49. The number of hydrogen-bond acceptors (Lipinski definition) is 5. The number of anilines is 2. The summed E-state index contributed by atoms with van der Waals surface area (Å²) < 4.78 is 0. The molecule has 0 radical (unpaired) electrons. The van der Waals surface area contributed by atoms with Crippen LogP contribution in [0.4, 0.5) is 11.5 Å². The number of thioether (sulfide) groups is 1. The highest BCUT2D eigenvalue weighted by atomic mass is 35.5. The van der Waals surface area contributed by atoms with Crippen molar-refractivity contribution in [3.8, 4) is 0 Å². The first-order valence-corrected chi connectivity index (χ1v) is 7.14. The minimum absolute atomic E-state index is 0.170. The number of fused-ring (bicyclic) bond motifs is 1. The van der Waals surface area contributed by atoms with Crippen LogP contribution in [0.3, 0.4) is 0 Å². The third kappa shape index (κ3) is 2.50. The fourth-order valence-corrected chi connectivity index (χ4v) is 2.36. The van der Waals surface area contributed by atoms with Crippen molar-refractivity contribution in [3.63, 3.8) is 0 Å². The lowest BCUT2D eigenvalue weighted by Crippen LogP contribution is -1.97. The average Bonchev–Trinajstić information content (AvgIpc) is 2.87. The van der Waals surface area contributed by atoms with Gasteiger partial charge in [0, 0.05) is 10.6 Å². The molecule has 0 unspecified atom stereocenters. The van der Waals surface area contributed by atoms with E-state index in [2.05, 4.69) is 31.3 Å². The van der Waals surface area contributed by atoms with Gasteiger partial charge in [-0.3, -0.25) is 0 Å². The molecule has 0 aliphatic carbocycles. The average molecular weight is 292 g/mol. The summed E-state index contributed by atoms with van der Waals surface area (Å²) in [7, 11) is 0. The van der Waals surface area contributed by atoms with Gasteiger partial charge in [-0.25, -0.2) is 4.98 Å². The molecular weight excluding hydrogens is 282 g/mol. The molecule has 0 aliphatic rings. The summed E-state index contributed by atoms with van der Waals surface area (Å²) in [4.78, 5) is 16.5. The van der Waals surface area contributed by atoms with Gasteiger partial charge in [0.1, 0.15) is 5.52 Å². The molecule has 0 bridgehead atoms. The number of nitrogens with one attached hydrogen (secondary N) is 2. The predicted molar refractivity (Wildman–Crippen MR) is 78.2 cm³/mol. The molecule has 0 fully saturated rings. The molecule has 7 heteroatoms. The maximum Gasteiger partial charge on any atom is 0.226 e. The van der Waals surface area contributed by atoms with Crippen LogP contribution in [0.1, 0.15) is 0 Å². The Bertz CT molecular complexity index is 727. The van der Waals surface area contributed by atoms with Gasteiger partial charge < -0.3 is 10.3 Å². The second-order valence-corrected chi connectivity index (χ2v) is 5.02. The van der Waals surface area contributed by atoms with Crippen molar-refractivity contribution >= 4 is 46.0 Å². The van der Waals surface area contributed by atoms with Crippen molar-refractivity contribution in [3.05, 3.63) is 35.9 Å². The highest BCUT2D eigenvalue weighted by Crippen LogP contribution is 2.25. The Morgan fingerprint density at radius 3 is 3.05 bits per heavy atom. The number of H-pyrrole nitrogens is 1. The Hall–Kier alpha value is -1.79. The van der Waals surface area contributed by atoms with Crippen LogP contribution in [-0.4, -0.2) is 26.2 Å². The van der Waals surface area contributed by atoms with Gasteiger partial charge in [-0.05, 0) is 36.1 Å². The zero-order valence-electron chi connectivity index (χ0n) is 10.0. The second kappa shape index (κ2) is 5.07. The van der Waals surface area contributed by atoms with Crippen molar-refractivity contribution in [1.82, 2.24) is 19.9 Å². The fraction of sp³-hybridized carbons (Fsp3) is 0.0833. The molecule has 96 valence electrons. The quantitative estimate of drug-likeness (QED) is 0.571. The zero-order chi connectivity index (χ0) is 13.2. The van der Waals surface area contributed by atoms with Crippen LogP contribution in [0.25, 0.3) is 11.2 Å². The van der Waals surface area contributed by atoms with Crippen molar-refractivity contribution in [2.24, 2.45) is 0 Å². The minimum Gasteiger partial charge on any atom is -0.340 e. The molecule has 3 aromatic rings. The molecule has 0 amide bonds. The molecule has 0 atom stereocenters. The SMILES string of the molecule is CSc1cccc(Nc2nc(Cl)nc3nc[nH]c23)c1. The Morgan fingerprint density at radius 2 is 2.21 bits per heavy atom. The van der Waals surface area contributed by atoms with Gasteiger partial charge in [-0.1, -0.05) is 6.07 Å². The molecule has 1 aromatic carbocycles. The Labute approximate surface area is 118 Å². The monoisotopic (exact) mass is 291 g/mol. The van der Waals surface area contributed by atoms with E-state index in [0.717, 1.165) is 11.2 Å². The Kier molecular flexibility index (Phi) is 3.27. The highest BCUT2D eigenvalue weighted by molar-refractivity contribution is 7.98. The number of benzene rings is 1. The standard InChI is InChI=1S/C12H10ClN5S/c1-19-8-4-2-3-7(5-8)16-11-9-10(15-6-14-9)17-12(13)18-11/h2-6H,1H3,(H2,14,15,16,17,18). The van der Waals surface area contributed by atoms with E-state index in [1.807, 2.05) is 24.5 Å².